The van der Waals surface area contributed by atoms with E-state index in [1.807, 2.05) is 7.05 Å². The van der Waals surface area contributed by atoms with Crippen molar-refractivity contribution in [3.8, 4) is 0 Å². The highest BCUT2D eigenvalue weighted by Crippen LogP contribution is 2.08. The van der Waals surface area contributed by atoms with Gasteiger partial charge in [0.25, 0.3) is 0 Å². The lowest BCUT2D eigenvalue weighted by atomic mass is 10.1. The number of carbonyl (C=O) groups is 1. The number of hydrogen-bond acceptors (Lipinski definition) is 3. The Morgan fingerprint density at radius 2 is 2.50 bits per heavy atom. The normalized spacial score (nSPS) is 25.6. The first-order chi connectivity index (χ1) is 5.68. The van der Waals surface area contributed by atoms with E-state index in [4.69, 9.17) is 9.84 Å². The quantitative estimate of drug-likeness (QED) is 0.661. The molecule has 1 atom stereocenters. The molecule has 0 saturated carbocycles. The molecule has 12 heavy (non-hydrogen) atoms. The number of carboxylic acids is 1. The van der Waals surface area contributed by atoms with Gasteiger partial charge >= 0.3 is 5.97 Å². The molecule has 1 rings (SSSR count). The fourth-order valence-corrected chi connectivity index (χ4v) is 1.33. The van der Waals surface area contributed by atoms with Crippen molar-refractivity contribution >= 4 is 5.97 Å². The molecule has 0 bridgehead atoms. The summed E-state index contributed by atoms with van der Waals surface area (Å²) in [7, 11) is 2.02. The first kappa shape index (κ1) is 9.48. The average Bonchev–Trinajstić information content (AvgIpc) is 2.01. The van der Waals surface area contributed by atoms with Crippen LogP contribution in [-0.4, -0.2) is 48.8 Å². The third-order valence-electron chi connectivity index (χ3n) is 2.02. The highest BCUT2D eigenvalue weighted by atomic mass is 16.5. The van der Waals surface area contributed by atoms with Crippen molar-refractivity contribution in [3.05, 3.63) is 0 Å². The summed E-state index contributed by atoms with van der Waals surface area (Å²) in [5.41, 5.74) is 0. The SMILES string of the molecule is CN1CCO[C@H](CCC(=O)O)C1. The van der Waals surface area contributed by atoms with E-state index in [1.54, 1.807) is 0 Å². The van der Waals surface area contributed by atoms with Gasteiger partial charge in [-0.25, -0.2) is 0 Å². The van der Waals surface area contributed by atoms with Crippen molar-refractivity contribution in [2.75, 3.05) is 26.7 Å². The number of likely N-dealkylation sites (N-methyl/N-ethyl adjacent to an activating group) is 1. The van der Waals surface area contributed by atoms with Crippen LogP contribution in [0.3, 0.4) is 0 Å². The van der Waals surface area contributed by atoms with Crippen LogP contribution in [0, 0.1) is 0 Å². The Morgan fingerprint density at radius 3 is 3.08 bits per heavy atom. The highest BCUT2D eigenvalue weighted by molar-refractivity contribution is 5.66. The molecule has 0 aliphatic carbocycles. The summed E-state index contributed by atoms with van der Waals surface area (Å²) in [5, 5.41) is 8.44. The van der Waals surface area contributed by atoms with Gasteiger partial charge < -0.3 is 14.7 Å². The summed E-state index contributed by atoms with van der Waals surface area (Å²) in [4.78, 5) is 12.4. The van der Waals surface area contributed by atoms with Gasteiger partial charge in [-0.15, -0.1) is 0 Å². The Kier molecular flexibility index (Phi) is 3.49. The predicted octanol–water partition coefficient (Wildman–Crippen LogP) is 0.182. The maximum atomic E-state index is 10.3. The molecule has 1 fully saturated rings. The zero-order valence-electron chi connectivity index (χ0n) is 7.32. The Hall–Kier alpha value is -0.610. The number of morpholine rings is 1. The van der Waals surface area contributed by atoms with Crippen molar-refractivity contribution in [1.82, 2.24) is 4.90 Å². The standard InChI is InChI=1S/C8H15NO3/c1-9-4-5-12-7(6-9)2-3-8(10)11/h7H,2-6H2,1H3,(H,10,11)/t7-/m1/s1. The van der Waals surface area contributed by atoms with Crippen molar-refractivity contribution in [1.29, 1.82) is 0 Å². The number of rotatable bonds is 3. The van der Waals surface area contributed by atoms with E-state index in [0.717, 1.165) is 19.7 Å². The molecule has 1 aliphatic heterocycles. The zero-order valence-corrected chi connectivity index (χ0v) is 7.32. The molecule has 1 saturated heterocycles. The van der Waals surface area contributed by atoms with E-state index in [9.17, 15) is 4.79 Å². The van der Waals surface area contributed by atoms with Crippen LogP contribution in [-0.2, 0) is 9.53 Å². The number of carboxylic acid groups (broad SMARTS) is 1. The predicted molar refractivity (Wildman–Crippen MR) is 44.1 cm³/mol. The Morgan fingerprint density at radius 1 is 1.75 bits per heavy atom. The zero-order chi connectivity index (χ0) is 8.97. The van der Waals surface area contributed by atoms with Gasteiger partial charge in [-0.3, -0.25) is 4.79 Å². The number of nitrogens with zero attached hydrogens (tertiary/aromatic N) is 1. The van der Waals surface area contributed by atoms with Crippen molar-refractivity contribution < 1.29 is 14.6 Å². The summed E-state index contributed by atoms with van der Waals surface area (Å²) < 4.78 is 5.39. The van der Waals surface area contributed by atoms with Crippen molar-refractivity contribution in [2.24, 2.45) is 0 Å². The molecular weight excluding hydrogens is 158 g/mol. The van der Waals surface area contributed by atoms with E-state index >= 15 is 0 Å². The number of ether oxygens (including phenoxy) is 1. The minimum atomic E-state index is -0.744. The van der Waals surface area contributed by atoms with Gasteiger partial charge in [-0.1, -0.05) is 0 Å². The second-order valence-electron chi connectivity index (χ2n) is 3.19. The summed E-state index contributed by atoms with van der Waals surface area (Å²) in [5.74, 6) is -0.744. The molecule has 0 amide bonds. The van der Waals surface area contributed by atoms with E-state index in [2.05, 4.69) is 4.90 Å². The number of aliphatic carboxylic acids is 1. The minimum absolute atomic E-state index is 0.111. The topological polar surface area (TPSA) is 49.8 Å². The third kappa shape index (κ3) is 3.19. The number of hydrogen-bond donors (Lipinski definition) is 1. The van der Waals surface area contributed by atoms with E-state index < -0.39 is 5.97 Å². The molecule has 1 aliphatic rings. The summed E-state index contributed by atoms with van der Waals surface area (Å²) in [6.07, 6.45) is 0.942. The van der Waals surface area contributed by atoms with Gasteiger partial charge in [0.05, 0.1) is 12.7 Å². The summed E-state index contributed by atoms with van der Waals surface area (Å²) in [6, 6.07) is 0. The van der Waals surface area contributed by atoms with Crippen LogP contribution in [0.4, 0.5) is 0 Å². The van der Waals surface area contributed by atoms with Gasteiger partial charge in [-0.05, 0) is 13.5 Å². The van der Waals surface area contributed by atoms with Crippen LogP contribution in [0.1, 0.15) is 12.8 Å². The van der Waals surface area contributed by atoms with Crippen LogP contribution >= 0.6 is 0 Å². The van der Waals surface area contributed by atoms with E-state index in [0.29, 0.717) is 6.42 Å². The minimum Gasteiger partial charge on any atom is -0.481 e. The monoisotopic (exact) mass is 173 g/mol. The highest BCUT2D eigenvalue weighted by Gasteiger charge is 2.17. The van der Waals surface area contributed by atoms with Gasteiger partial charge in [0.2, 0.25) is 0 Å². The molecule has 0 radical (unpaired) electrons. The molecule has 1 N–H and O–H groups in total. The maximum Gasteiger partial charge on any atom is 0.303 e. The largest absolute Gasteiger partial charge is 0.481 e. The van der Waals surface area contributed by atoms with E-state index in [-0.39, 0.29) is 12.5 Å². The molecule has 0 spiro atoms. The van der Waals surface area contributed by atoms with Gasteiger partial charge in [0.15, 0.2) is 0 Å². The lowest BCUT2D eigenvalue weighted by Crippen LogP contribution is -2.40. The first-order valence-corrected chi connectivity index (χ1v) is 4.20. The van der Waals surface area contributed by atoms with Gasteiger partial charge in [-0.2, -0.15) is 0 Å². The van der Waals surface area contributed by atoms with Crippen molar-refractivity contribution in [2.45, 2.75) is 18.9 Å². The van der Waals surface area contributed by atoms with Crippen LogP contribution < -0.4 is 0 Å². The Balaban J connectivity index is 2.18. The summed E-state index contributed by atoms with van der Waals surface area (Å²) >= 11 is 0. The molecule has 0 unspecified atom stereocenters. The molecule has 4 nitrogen and oxygen atoms in total. The van der Waals surface area contributed by atoms with Crippen LogP contribution in [0.25, 0.3) is 0 Å². The van der Waals surface area contributed by atoms with Crippen LogP contribution in [0.15, 0.2) is 0 Å². The van der Waals surface area contributed by atoms with Crippen LogP contribution in [0.5, 0.6) is 0 Å². The molecule has 0 aromatic rings. The second-order valence-corrected chi connectivity index (χ2v) is 3.19. The summed E-state index contributed by atoms with van der Waals surface area (Å²) in [6.45, 7) is 2.53. The van der Waals surface area contributed by atoms with Crippen LogP contribution in [0.2, 0.25) is 0 Å². The third-order valence-corrected chi connectivity index (χ3v) is 2.02. The average molecular weight is 173 g/mol. The Bertz CT molecular complexity index is 160. The second kappa shape index (κ2) is 4.42. The lowest BCUT2D eigenvalue weighted by molar-refractivity contribution is -0.138. The molecular formula is C8H15NO3. The molecule has 70 valence electrons. The lowest BCUT2D eigenvalue weighted by Gasteiger charge is -2.29. The molecule has 0 aromatic carbocycles. The fraction of sp³-hybridized carbons (Fsp3) is 0.875. The van der Waals surface area contributed by atoms with Crippen molar-refractivity contribution in [3.63, 3.8) is 0 Å². The van der Waals surface area contributed by atoms with Gasteiger partial charge in [0.1, 0.15) is 0 Å². The van der Waals surface area contributed by atoms with Gasteiger partial charge in [0, 0.05) is 19.5 Å². The first-order valence-electron chi connectivity index (χ1n) is 4.20. The molecule has 4 heteroatoms. The molecule has 1 heterocycles. The maximum absolute atomic E-state index is 10.3. The molecule has 0 aromatic heterocycles. The smallest absolute Gasteiger partial charge is 0.303 e. The Labute approximate surface area is 72.1 Å². The van der Waals surface area contributed by atoms with E-state index in [1.165, 1.54) is 0 Å². The fourth-order valence-electron chi connectivity index (χ4n) is 1.33.